The average Bonchev–Trinajstić information content (AvgIpc) is 3.39. The molecule has 2 N–H and O–H groups in total. The van der Waals surface area contributed by atoms with Crippen molar-refractivity contribution in [1.29, 1.82) is 5.26 Å². The van der Waals surface area contributed by atoms with Crippen LogP contribution in [0.5, 0.6) is 0 Å². The number of amides is 1. The summed E-state index contributed by atoms with van der Waals surface area (Å²) in [6.45, 7) is 1.46. The molecule has 8 nitrogen and oxygen atoms in total. The van der Waals surface area contributed by atoms with Crippen molar-refractivity contribution in [3.63, 3.8) is 0 Å². The number of hydrogen-bond donors (Lipinski definition) is 2. The molecule has 8 heteroatoms. The number of aromatic amines is 1. The molecule has 1 unspecified atom stereocenters. The van der Waals surface area contributed by atoms with E-state index in [-0.39, 0.29) is 11.9 Å². The van der Waals surface area contributed by atoms with Gasteiger partial charge in [0.1, 0.15) is 12.0 Å². The molecule has 1 amide bonds. The van der Waals surface area contributed by atoms with Crippen LogP contribution in [-0.2, 0) is 4.79 Å². The lowest BCUT2D eigenvalue weighted by atomic mass is 9.96. The zero-order chi connectivity index (χ0) is 18.8. The van der Waals surface area contributed by atoms with Gasteiger partial charge in [-0.2, -0.15) is 10.4 Å². The standard InChI is InChI=1S/C19H21N7O/c1-12(27)24-19-15(17-14-7-9-21-18(14)23-11-22-17)10-26(25-19)16(6-8-20)13-4-2-3-5-13/h7,9-11,13,16H,2-6H2,1H3,(H,21,22,23)(H,24,25,27). The third-order valence-corrected chi connectivity index (χ3v) is 5.22. The highest BCUT2D eigenvalue weighted by Crippen LogP contribution is 2.38. The Kier molecular flexibility index (Phi) is 4.59. The van der Waals surface area contributed by atoms with Crippen LogP contribution in [0, 0.1) is 17.2 Å². The molecule has 3 aromatic rings. The first kappa shape index (κ1) is 17.2. The van der Waals surface area contributed by atoms with Crippen LogP contribution in [0.3, 0.4) is 0 Å². The van der Waals surface area contributed by atoms with Crippen molar-refractivity contribution in [3.05, 3.63) is 24.8 Å². The normalized spacial score (nSPS) is 15.7. The number of rotatable bonds is 5. The van der Waals surface area contributed by atoms with Crippen molar-refractivity contribution >= 4 is 22.8 Å². The molecule has 27 heavy (non-hydrogen) atoms. The largest absolute Gasteiger partial charge is 0.346 e. The molecule has 0 saturated heterocycles. The average molecular weight is 363 g/mol. The van der Waals surface area contributed by atoms with Gasteiger partial charge < -0.3 is 10.3 Å². The maximum absolute atomic E-state index is 11.7. The Labute approximate surface area is 156 Å². The molecule has 0 radical (unpaired) electrons. The zero-order valence-corrected chi connectivity index (χ0v) is 15.1. The number of anilines is 1. The molecule has 3 aromatic heterocycles. The number of carbonyl (C=O) groups is 1. The Morgan fingerprint density at radius 1 is 1.44 bits per heavy atom. The van der Waals surface area contributed by atoms with Crippen molar-refractivity contribution in [2.45, 2.75) is 45.1 Å². The number of nitrogens with one attached hydrogen (secondary N) is 2. The first-order valence-electron chi connectivity index (χ1n) is 9.19. The van der Waals surface area contributed by atoms with Gasteiger partial charge in [-0.25, -0.2) is 9.97 Å². The number of nitrogens with zero attached hydrogens (tertiary/aromatic N) is 5. The number of H-pyrrole nitrogens is 1. The molecule has 0 spiro atoms. The summed E-state index contributed by atoms with van der Waals surface area (Å²) >= 11 is 0. The number of carbonyl (C=O) groups excluding carboxylic acids is 1. The minimum atomic E-state index is -0.196. The molecule has 1 saturated carbocycles. The Bertz CT molecular complexity index is 1010. The predicted molar refractivity (Wildman–Crippen MR) is 101 cm³/mol. The predicted octanol–water partition coefficient (Wildman–Crippen LogP) is 3.42. The topological polar surface area (TPSA) is 112 Å². The minimum Gasteiger partial charge on any atom is -0.346 e. The van der Waals surface area contributed by atoms with Crippen LogP contribution in [0.25, 0.3) is 22.3 Å². The van der Waals surface area contributed by atoms with E-state index in [1.165, 1.54) is 26.1 Å². The molecule has 138 valence electrons. The van der Waals surface area contributed by atoms with Gasteiger partial charge in [-0.1, -0.05) is 12.8 Å². The monoisotopic (exact) mass is 363 g/mol. The van der Waals surface area contributed by atoms with Crippen LogP contribution < -0.4 is 5.32 Å². The first-order chi connectivity index (χ1) is 13.2. The molecule has 1 fully saturated rings. The van der Waals surface area contributed by atoms with E-state index in [2.05, 4.69) is 31.4 Å². The highest BCUT2D eigenvalue weighted by atomic mass is 16.1. The third-order valence-electron chi connectivity index (χ3n) is 5.22. The summed E-state index contributed by atoms with van der Waals surface area (Å²) in [7, 11) is 0. The molecule has 1 aliphatic carbocycles. The summed E-state index contributed by atoms with van der Waals surface area (Å²) in [4.78, 5) is 23.5. The maximum Gasteiger partial charge on any atom is 0.222 e. The number of hydrogen-bond acceptors (Lipinski definition) is 5. The fraction of sp³-hybridized carbons (Fsp3) is 0.421. The molecule has 1 atom stereocenters. The van der Waals surface area contributed by atoms with E-state index in [4.69, 9.17) is 0 Å². The molecule has 0 aromatic carbocycles. The van der Waals surface area contributed by atoms with Crippen molar-refractivity contribution < 1.29 is 4.79 Å². The number of fused-ring (bicyclic) bond motifs is 1. The van der Waals surface area contributed by atoms with E-state index in [0.29, 0.717) is 23.9 Å². The second-order valence-electron chi connectivity index (χ2n) is 6.99. The fourth-order valence-corrected chi connectivity index (χ4v) is 3.99. The highest BCUT2D eigenvalue weighted by Gasteiger charge is 2.28. The SMILES string of the molecule is CC(=O)Nc1nn(C(CC#N)C2CCCC2)cc1-c1ncnc2[nH]ccc12. The Hall–Kier alpha value is -3.21. The van der Waals surface area contributed by atoms with Gasteiger partial charge in [-0.05, 0) is 24.8 Å². The lowest BCUT2D eigenvalue weighted by Crippen LogP contribution is -2.18. The molecule has 0 aliphatic heterocycles. The molecule has 4 rings (SSSR count). The minimum absolute atomic E-state index is 0.00214. The lowest BCUT2D eigenvalue weighted by Gasteiger charge is -2.21. The second-order valence-corrected chi connectivity index (χ2v) is 6.99. The van der Waals surface area contributed by atoms with E-state index >= 15 is 0 Å². The Morgan fingerprint density at radius 3 is 3.00 bits per heavy atom. The summed E-state index contributed by atoms with van der Waals surface area (Å²) in [6.07, 6.45) is 10.2. The molecular formula is C19H21N7O. The van der Waals surface area contributed by atoms with E-state index in [0.717, 1.165) is 29.4 Å². The van der Waals surface area contributed by atoms with Crippen LogP contribution in [0.1, 0.15) is 45.1 Å². The fourth-order valence-electron chi connectivity index (χ4n) is 3.99. The maximum atomic E-state index is 11.7. The summed E-state index contributed by atoms with van der Waals surface area (Å²) < 4.78 is 1.85. The summed E-state index contributed by atoms with van der Waals surface area (Å²) in [5.74, 6) is 0.698. The van der Waals surface area contributed by atoms with Gasteiger partial charge in [0, 0.05) is 24.7 Å². The third kappa shape index (κ3) is 3.28. The first-order valence-corrected chi connectivity index (χ1v) is 9.19. The molecule has 0 bridgehead atoms. The van der Waals surface area contributed by atoms with Gasteiger partial charge in [0.05, 0.1) is 29.8 Å². The van der Waals surface area contributed by atoms with Crippen molar-refractivity contribution in [3.8, 4) is 17.3 Å². The summed E-state index contributed by atoms with van der Waals surface area (Å²) in [5.41, 5.74) is 2.17. The second kappa shape index (κ2) is 7.19. The Balaban J connectivity index is 1.82. The molecule has 1 aliphatic rings. The Morgan fingerprint density at radius 2 is 2.26 bits per heavy atom. The van der Waals surface area contributed by atoms with E-state index in [1.807, 2.05) is 23.1 Å². The van der Waals surface area contributed by atoms with Crippen molar-refractivity contribution in [1.82, 2.24) is 24.7 Å². The van der Waals surface area contributed by atoms with Gasteiger partial charge in [0.2, 0.25) is 5.91 Å². The van der Waals surface area contributed by atoms with Gasteiger partial charge in [-0.15, -0.1) is 0 Å². The zero-order valence-electron chi connectivity index (χ0n) is 15.1. The van der Waals surface area contributed by atoms with Gasteiger partial charge in [0.25, 0.3) is 0 Å². The van der Waals surface area contributed by atoms with E-state index in [9.17, 15) is 10.1 Å². The van der Waals surface area contributed by atoms with Crippen LogP contribution >= 0.6 is 0 Å². The van der Waals surface area contributed by atoms with E-state index in [1.54, 1.807) is 0 Å². The highest BCUT2D eigenvalue weighted by molar-refractivity contribution is 5.97. The summed E-state index contributed by atoms with van der Waals surface area (Å²) in [6, 6.07) is 4.21. The van der Waals surface area contributed by atoms with Crippen molar-refractivity contribution in [2.75, 3.05) is 5.32 Å². The quantitative estimate of drug-likeness (QED) is 0.721. The van der Waals surface area contributed by atoms with Crippen LogP contribution in [0.15, 0.2) is 24.8 Å². The molecular weight excluding hydrogens is 342 g/mol. The van der Waals surface area contributed by atoms with Crippen molar-refractivity contribution in [2.24, 2.45) is 5.92 Å². The smallest absolute Gasteiger partial charge is 0.222 e. The van der Waals surface area contributed by atoms with E-state index < -0.39 is 0 Å². The summed E-state index contributed by atoms with van der Waals surface area (Å²) in [5, 5.41) is 17.6. The van der Waals surface area contributed by atoms with Gasteiger partial charge in [-0.3, -0.25) is 9.48 Å². The van der Waals surface area contributed by atoms with Crippen LogP contribution in [-0.4, -0.2) is 30.6 Å². The van der Waals surface area contributed by atoms with Crippen LogP contribution in [0.2, 0.25) is 0 Å². The van der Waals surface area contributed by atoms with Crippen LogP contribution in [0.4, 0.5) is 5.82 Å². The molecule has 3 heterocycles. The number of nitriles is 1. The number of aromatic nitrogens is 5. The van der Waals surface area contributed by atoms with Gasteiger partial charge in [0.15, 0.2) is 5.82 Å². The van der Waals surface area contributed by atoms with Gasteiger partial charge >= 0.3 is 0 Å². The lowest BCUT2D eigenvalue weighted by molar-refractivity contribution is -0.114.